The van der Waals surface area contributed by atoms with Gasteiger partial charge in [0.05, 0.1) is 36.7 Å². The highest BCUT2D eigenvalue weighted by Crippen LogP contribution is 2.68. The van der Waals surface area contributed by atoms with Crippen LogP contribution in [0.2, 0.25) is 0 Å². The number of aliphatic hydroxyl groups excluding tert-OH is 2. The van der Waals surface area contributed by atoms with Crippen LogP contribution in [0.4, 0.5) is 0 Å². The van der Waals surface area contributed by atoms with Gasteiger partial charge in [-0.3, -0.25) is 4.79 Å². The van der Waals surface area contributed by atoms with Crippen LogP contribution in [-0.2, 0) is 14.3 Å². The first kappa shape index (κ1) is 23.5. The molecule has 186 valence electrons. The van der Waals surface area contributed by atoms with Crippen LogP contribution in [-0.4, -0.2) is 70.7 Å². The molecule has 0 radical (unpaired) electrons. The van der Waals surface area contributed by atoms with Crippen LogP contribution in [0, 0.1) is 40.4 Å². The van der Waals surface area contributed by atoms with Crippen LogP contribution in [0.5, 0.6) is 0 Å². The zero-order valence-corrected chi connectivity index (χ0v) is 20.3. The van der Waals surface area contributed by atoms with Gasteiger partial charge in [0.25, 0.3) is 0 Å². The molecule has 3 saturated carbocycles. The lowest BCUT2D eigenvalue weighted by Gasteiger charge is -2.70. The van der Waals surface area contributed by atoms with Crippen molar-refractivity contribution in [2.24, 2.45) is 45.6 Å². The van der Waals surface area contributed by atoms with E-state index in [9.17, 15) is 20.2 Å². The van der Waals surface area contributed by atoms with Crippen LogP contribution in [0.15, 0.2) is 5.16 Å². The summed E-state index contributed by atoms with van der Waals surface area (Å²) in [5.41, 5.74) is -0.567. The van der Waals surface area contributed by atoms with Crippen molar-refractivity contribution in [1.29, 1.82) is 0 Å². The lowest BCUT2D eigenvalue weighted by atomic mass is 9.42. The average molecular weight is 465 g/mol. The maximum absolute atomic E-state index is 12.5. The van der Waals surface area contributed by atoms with Crippen LogP contribution >= 0.6 is 0 Å². The molecule has 5 aliphatic rings. The normalized spacial score (nSPS) is 51.8. The zero-order valence-electron chi connectivity index (χ0n) is 20.3. The largest absolute Gasteiger partial charge is 0.411 e. The first-order valence-corrected chi connectivity index (χ1v) is 12.7. The van der Waals surface area contributed by atoms with Gasteiger partial charge in [0, 0.05) is 41.5 Å². The van der Waals surface area contributed by atoms with Crippen LogP contribution in [0.3, 0.4) is 0 Å². The van der Waals surface area contributed by atoms with Gasteiger partial charge in [-0.15, -0.1) is 0 Å². The Morgan fingerprint density at radius 1 is 1.21 bits per heavy atom. The molecule has 1 amide bonds. The molecule has 8 nitrogen and oxygen atoms in total. The number of oxime groups is 1. The summed E-state index contributed by atoms with van der Waals surface area (Å²) in [5.74, 6) is 0.413. The van der Waals surface area contributed by atoms with E-state index in [4.69, 9.17) is 9.47 Å². The predicted octanol–water partition coefficient (Wildman–Crippen LogP) is 1.95. The van der Waals surface area contributed by atoms with Crippen molar-refractivity contribution in [3.63, 3.8) is 0 Å². The van der Waals surface area contributed by atoms with Gasteiger partial charge in [0.15, 0.2) is 0 Å². The maximum atomic E-state index is 12.5. The second-order valence-corrected chi connectivity index (χ2v) is 12.1. The number of aliphatic hydroxyl groups is 2. The molecule has 2 heterocycles. The van der Waals surface area contributed by atoms with Crippen molar-refractivity contribution < 1.29 is 29.7 Å². The number of rotatable bonds is 3. The third kappa shape index (κ3) is 3.09. The van der Waals surface area contributed by atoms with Crippen molar-refractivity contribution >= 4 is 11.6 Å². The van der Waals surface area contributed by atoms with Crippen molar-refractivity contribution in [3.8, 4) is 0 Å². The number of carbonyl (C=O) groups excluding carboxylic acids is 1. The van der Waals surface area contributed by atoms with Crippen LogP contribution < -0.4 is 5.32 Å². The molecular weight excluding hydrogens is 424 g/mol. The van der Waals surface area contributed by atoms with Gasteiger partial charge >= 0.3 is 0 Å². The van der Waals surface area contributed by atoms with Gasteiger partial charge in [-0.2, -0.15) is 0 Å². The Kier molecular flexibility index (Phi) is 5.63. The topological polar surface area (TPSA) is 121 Å². The number of nitrogens with one attached hydrogen (secondary N) is 1. The minimum absolute atomic E-state index is 0.00334. The lowest BCUT2D eigenvalue weighted by Crippen LogP contribution is -2.74. The molecule has 33 heavy (non-hydrogen) atoms. The number of carbonyl (C=O) groups is 1. The average Bonchev–Trinajstić information content (AvgIpc) is 3.12. The first-order chi connectivity index (χ1) is 15.6. The third-order valence-electron chi connectivity index (χ3n) is 10.6. The fourth-order valence-corrected chi connectivity index (χ4v) is 8.68. The molecule has 5 fully saturated rings. The predicted molar refractivity (Wildman–Crippen MR) is 121 cm³/mol. The second-order valence-electron chi connectivity index (χ2n) is 12.1. The quantitative estimate of drug-likeness (QED) is 0.374. The maximum Gasteiger partial charge on any atom is 0.223 e. The summed E-state index contributed by atoms with van der Waals surface area (Å²) in [6, 6.07) is 0. The number of nitrogens with zero attached hydrogens (tertiary/aromatic N) is 1. The smallest absolute Gasteiger partial charge is 0.223 e. The van der Waals surface area contributed by atoms with Gasteiger partial charge in [-0.05, 0) is 37.5 Å². The van der Waals surface area contributed by atoms with Crippen LogP contribution in [0.1, 0.15) is 59.8 Å². The monoisotopic (exact) mass is 464 g/mol. The van der Waals surface area contributed by atoms with E-state index in [2.05, 4.69) is 38.2 Å². The standard InChI is InChI=1S/C25H40N2O6/c1-13-5-6-19-23(2,3)21(27-31)18(32-8-7-28)11-25(19)24(13,4)10-15-17(29)9-14-16(20(15)33-25)12-26-22(14)30/h13-20,28-29,31H,5-12H2,1-4H3,(H,26,30). The van der Waals surface area contributed by atoms with E-state index in [-0.39, 0.29) is 54.3 Å². The molecular formula is C25H40N2O6. The summed E-state index contributed by atoms with van der Waals surface area (Å²) in [4.78, 5) is 12.5. The molecule has 8 heteroatoms. The highest BCUT2D eigenvalue weighted by Gasteiger charge is 2.71. The Hall–Kier alpha value is -1.22. The first-order valence-electron chi connectivity index (χ1n) is 12.7. The Balaban J connectivity index is 1.61. The Morgan fingerprint density at radius 3 is 2.67 bits per heavy atom. The van der Waals surface area contributed by atoms with Gasteiger partial charge in [0.1, 0.15) is 6.10 Å². The van der Waals surface area contributed by atoms with E-state index in [0.29, 0.717) is 31.0 Å². The summed E-state index contributed by atoms with van der Waals surface area (Å²) in [7, 11) is 0. The van der Waals surface area contributed by atoms with Gasteiger partial charge in [-0.1, -0.05) is 32.9 Å². The van der Waals surface area contributed by atoms with Gasteiger partial charge < -0.3 is 30.2 Å². The molecule has 2 saturated heterocycles. The number of hydrogen-bond donors (Lipinski definition) is 4. The van der Waals surface area contributed by atoms with Crippen molar-refractivity contribution in [3.05, 3.63) is 0 Å². The Labute approximate surface area is 196 Å². The van der Waals surface area contributed by atoms with Crippen molar-refractivity contribution in [1.82, 2.24) is 5.32 Å². The van der Waals surface area contributed by atoms with E-state index in [0.717, 1.165) is 19.3 Å². The van der Waals surface area contributed by atoms with Crippen molar-refractivity contribution in [2.45, 2.75) is 83.7 Å². The number of fused-ring (bicyclic) bond motifs is 3. The summed E-state index contributed by atoms with van der Waals surface area (Å²) >= 11 is 0. The fraction of sp³-hybridized carbons (Fsp3) is 0.920. The molecule has 2 aliphatic heterocycles. The zero-order chi connectivity index (χ0) is 23.8. The van der Waals surface area contributed by atoms with Gasteiger partial charge in [-0.25, -0.2) is 0 Å². The summed E-state index contributed by atoms with van der Waals surface area (Å²) in [6.45, 7) is 9.52. The van der Waals surface area contributed by atoms with E-state index in [1.165, 1.54) is 0 Å². The third-order valence-corrected chi connectivity index (χ3v) is 10.6. The molecule has 0 aromatic rings. The molecule has 0 aromatic carbocycles. The molecule has 3 aliphatic carbocycles. The molecule has 10 unspecified atom stereocenters. The Morgan fingerprint density at radius 2 is 1.97 bits per heavy atom. The highest BCUT2D eigenvalue weighted by atomic mass is 16.5. The van der Waals surface area contributed by atoms with E-state index in [1.54, 1.807) is 0 Å². The number of amides is 1. The minimum Gasteiger partial charge on any atom is -0.411 e. The minimum atomic E-state index is -0.547. The SMILES string of the molecule is CC1CCC2C(C)(C)C(=NO)C(OCCO)CC23OC2C(CC13C)C(O)CC1C(=O)NCC12. The van der Waals surface area contributed by atoms with E-state index < -0.39 is 23.2 Å². The van der Waals surface area contributed by atoms with Crippen LogP contribution in [0.25, 0.3) is 0 Å². The van der Waals surface area contributed by atoms with Gasteiger partial charge in [0.2, 0.25) is 5.91 Å². The molecule has 5 rings (SSSR count). The van der Waals surface area contributed by atoms with E-state index in [1.807, 2.05) is 0 Å². The molecule has 1 spiro atoms. The molecule has 0 aromatic heterocycles. The van der Waals surface area contributed by atoms with E-state index >= 15 is 0 Å². The number of ether oxygens (including phenoxy) is 2. The lowest BCUT2D eigenvalue weighted by molar-refractivity contribution is -0.325. The fourth-order valence-electron chi connectivity index (χ4n) is 8.68. The Bertz CT molecular complexity index is 832. The summed E-state index contributed by atoms with van der Waals surface area (Å²) in [5, 5.41) is 37.3. The molecule has 10 atom stereocenters. The number of hydrogen-bond acceptors (Lipinski definition) is 7. The summed E-state index contributed by atoms with van der Waals surface area (Å²) < 4.78 is 13.4. The molecule has 0 bridgehead atoms. The van der Waals surface area contributed by atoms with Crippen molar-refractivity contribution in [2.75, 3.05) is 19.8 Å². The summed E-state index contributed by atoms with van der Waals surface area (Å²) in [6.07, 6.45) is 2.73. The second kappa shape index (κ2) is 7.90. The highest BCUT2D eigenvalue weighted by molar-refractivity contribution is 5.94. The molecule has 4 N–H and O–H groups in total.